The molecule has 70 valence electrons. The van der Waals surface area contributed by atoms with Gasteiger partial charge in [0.2, 0.25) is 0 Å². The van der Waals surface area contributed by atoms with Crippen molar-refractivity contribution < 1.29 is 9.53 Å². The van der Waals surface area contributed by atoms with Crippen LogP contribution in [0.25, 0.3) is 0 Å². The molecule has 0 heterocycles. The first-order valence-corrected chi connectivity index (χ1v) is 5.25. The van der Waals surface area contributed by atoms with Crippen molar-refractivity contribution >= 4 is 17.1 Å². The summed E-state index contributed by atoms with van der Waals surface area (Å²) in [7, 11) is 0. The van der Waals surface area contributed by atoms with Crippen molar-refractivity contribution in [3.05, 3.63) is 0 Å². The molecule has 1 saturated carbocycles. The lowest BCUT2D eigenvalue weighted by Crippen LogP contribution is -2.24. The molecule has 0 N–H and O–H groups in total. The molecule has 0 bridgehead atoms. The van der Waals surface area contributed by atoms with Crippen molar-refractivity contribution in [1.29, 1.82) is 0 Å². The first-order valence-electron chi connectivity index (χ1n) is 4.37. The van der Waals surface area contributed by atoms with Crippen LogP contribution < -0.4 is 0 Å². The third-order valence-corrected chi connectivity index (χ3v) is 2.79. The maximum atomic E-state index is 11.2. The van der Waals surface area contributed by atoms with Crippen LogP contribution in [0.4, 0.5) is 4.79 Å². The summed E-state index contributed by atoms with van der Waals surface area (Å²) < 4.78 is 5.17. The van der Waals surface area contributed by atoms with Crippen molar-refractivity contribution in [3.63, 3.8) is 0 Å². The van der Waals surface area contributed by atoms with Crippen LogP contribution in [0.1, 0.15) is 40.0 Å². The Morgan fingerprint density at radius 1 is 1.42 bits per heavy atom. The minimum atomic E-state index is -0.339. The van der Waals surface area contributed by atoms with Gasteiger partial charge in [0.1, 0.15) is 5.60 Å². The van der Waals surface area contributed by atoms with Gasteiger partial charge in [0.15, 0.2) is 0 Å². The molecular weight excluding hydrogens is 172 g/mol. The fourth-order valence-electron chi connectivity index (χ4n) is 0.899. The van der Waals surface area contributed by atoms with Crippen molar-refractivity contribution in [2.24, 2.45) is 0 Å². The van der Waals surface area contributed by atoms with E-state index in [1.165, 1.54) is 31.0 Å². The summed E-state index contributed by atoms with van der Waals surface area (Å²) in [5.41, 5.74) is -0.339. The fourth-order valence-corrected chi connectivity index (χ4v) is 2.04. The van der Waals surface area contributed by atoms with Crippen LogP contribution in [0.5, 0.6) is 0 Å². The van der Waals surface area contributed by atoms with E-state index in [0.29, 0.717) is 5.25 Å². The standard InChI is InChI=1S/C9H16O2S/c1-9(2,3)11-8(10)12-7-5-4-6-7/h7H,4-6H2,1-3H3. The monoisotopic (exact) mass is 188 g/mol. The molecular formula is C9H16O2S. The first-order chi connectivity index (χ1) is 5.47. The van der Waals surface area contributed by atoms with Gasteiger partial charge in [0.05, 0.1) is 0 Å². The summed E-state index contributed by atoms with van der Waals surface area (Å²) in [6.07, 6.45) is 3.61. The molecule has 0 radical (unpaired) electrons. The summed E-state index contributed by atoms with van der Waals surface area (Å²) in [5.74, 6) is 0. The van der Waals surface area contributed by atoms with E-state index in [2.05, 4.69) is 0 Å². The predicted octanol–water partition coefficient (Wildman–Crippen LogP) is 3.21. The number of thioether (sulfide) groups is 1. The SMILES string of the molecule is CC(C)(C)OC(=O)SC1CCC1. The smallest absolute Gasteiger partial charge is 0.368 e. The molecule has 0 atom stereocenters. The van der Waals surface area contributed by atoms with Crippen molar-refractivity contribution in [1.82, 2.24) is 0 Å². The number of hydrogen-bond donors (Lipinski definition) is 0. The van der Waals surface area contributed by atoms with E-state index in [1.54, 1.807) is 0 Å². The predicted molar refractivity (Wildman–Crippen MR) is 51.5 cm³/mol. The van der Waals surface area contributed by atoms with Gasteiger partial charge >= 0.3 is 5.30 Å². The number of carbonyl (C=O) groups excluding carboxylic acids is 1. The molecule has 1 aliphatic carbocycles. The maximum absolute atomic E-state index is 11.2. The molecule has 2 nitrogen and oxygen atoms in total. The molecule has 1 rings (SSSR count). The quantitative estimate of drug-likeness (QED) is 0.591. The lowest BCUT2D eigenvalue weighted by atomic mass is 10.0. The Bertz CT molecular complexity index is 168. The second-order valence-corrected chi connectivity index (χ2v) is 5.37. The van der Waals surface area contributed by atoms with Crippen LogP contribution in [-0.2, 0) is 4.74 Å². The van der Waals surface area contributed by atoms with Crippen molar-refractivity contribution in [2.45, 2.75) is 50.9 Å². The Hall–Kier alpha value is -0.180. The molecule has 0 aromatic carbocycles. The highest BCUT2D eigenvalue weighted by Gasteiger charge is 2.24. The average Bonchev–Trinajstić information content (AvgIpc) is 1.74. The van der Waals surface area contributed by atoms with Gasteiger partial charge in [-0.3, -0.25) is 0 Å². The van der Waals surface area contributed by atoms with Gasteiger partial charge in [-0.25, -0.2) is 4.79 Å². The Morgan fingerprint density at radius 2 is 2.00 bits per heavy atom. The average molecular weight is 188 g/mol. The Labute approximate surface area is 78.1 Å². The second-order valence-electron chi connectivity index (χ2n) is 4.14. The second kappa shape index (κ2) is 3.69. The molecule has 0 aliphatic heterocycles. The van der Waals surface area contributed by atoms with E-state index in [4.69, 9.17) is 4.74 Å². The molecule has 3 heteroatoms. The molecule has 1 aliphatic rings. The van der Waals surface area contributed by atoms with Gasteiger partial charge in [-0.2, -0.15) is 0 Å². The topological polar surface area (TPSA) is 26.3 Å². The summed E-state index contributed by atoms with van der Waals surface area (Å²) >= 11 is 1.35. The van der Waals surface area contributed by atoms with Crippen LogP contribution in [-0.4, -0.2) is 16.2 Å². The maximum Gasteiger partial charge on any atom is 0.368 e. The number of ether oxygens (including phenoxy) is 1. The molecule has 12 heavy (non-hydrogen) atoms. The number of carbonyl (C=O) groups is 1. The van der Waals surface area contributed by atoms with Gasteiger partial charge in [-0.15, -0.1) is 0 Å². The minimum Gasteiger partial charge on any atom is -0.452 e. The third kappa shape index (κ3) is 3.48. The largest absolute Gasteiger partial charge is 0.452 e. The molecule has 0 spiro atoms. The zero-order valence-electron chi connectivity index (χ0n) is 7.92. The number of hydrogen-bond acceptors (Lipinski definition) is 3. The highest BCUT2D eigenvalue weighted by atomic mass is 32.2. The zero-order chi connectivity index (χ0) is 9.19. The molecule has 1 fully saturated rings. The Balaban J connectivity index is 2.19. The molecule has 0 unspecified atom stereocenters. The van der Waals surface area contributed by atoms with Gasteiger partial charge in [0.25, 0.3) is 0 Å². The molecule has 0 aromatic rings. The molecule has 0 saturated heterocycles. The Morgan fingerprint density at radius 3 is 2.33 bits per heavy atom. The third-order valence-electron chi connectivity index (χ3n) is 1.70. The lowest BCUT2D eigenvalue weighted by Gasteiger charge is -2.25. The highest BCUT2D eigenvalue weighted by Crippen LogP contribution is 2.33. The van der Waals surface area contributed by atoms with Crippen molar-refractivity contribution in [2.75, 3.05) is 0 Å². The normalized spacial score (nSPS) is 18.6. The van der Waals surface area contributed by atoms with Gasteiger partial charge in [-0.05, 0) is 45.4 Å². The number of rotatable bonds is 1. The Kier molecular flexibility index (Phi) is 3.04. The molecule has 0 aromatic heterocycles. The summed E-state index contributed by atoms with van der Waals surface area (Å²) in [5, 5.41) is 0.409. The van der Waals surface area contributed by atoms with Gasteiger partial charge < -0.3 is 4.74 Å². The van der Waals surface area contributed by atoms with Crippen LogP contribution in [0.2, 0.25) is 0 Å². The van der Waals surface area contributed by atoms with E-state index in [9.17, 15) is 4.79 Å². The minimum absolute atomic E-state index is 0.118. The van der Waals surface area contributed by atoms with E-state index in [-0.39, 0.29) is 10.9 Å². The van der Waals surface area contributed by atoms with E-state index in [1.807, 2.05) is 20.8 Å². The van der Waals surface area contributed by atoms with Crippen LogP contribution in [0, 0.1) is 0 Å². The van der Waals surface area contributed by atoms with Crippen LogP contribution in [0.15, 0.2) is 0 Å². The van der Waals surface area contributed by atoms with Crippen LogP contribution in [0.3, 0.4) is 0 Å². The summed E-state index contributed by atoms with van der Waals surface area (Å²) in [4.78, 5) is 11.2. The van der Waals surface area contributed by atoms with E-state index < -0.39 is 0 Å². The summed E-state index contributed by atoms with van der Waals surface area (Å²) in [6.45, 7) is 5.69. The van der Waals surface area contributed by atoms with Gasteiger partial charge in [0, 0.05) is 5.25 Å². The molecule has 0 amide bonds. The lowest BCUT2D eigenvalue weighted by molar-refractivity contribution is 0.0736. The fraction of sp³-hybridized carbons (Fsp3) is 0.889. The zero-order valence-corrected chi connectivity index (χ0v) is 8.74. The van der Waals surface area contributed by atoms with E-state index >= 15 is 0 Å². The first kappa shape index (κ1) is 9.90. The summed E-state index contributed by atoms with van der Waals surface area (Å²) in [6, 6.07) is 0. The highest BCUT2D eigenvalue weighted by molar-refractivity contribution is 8.13. The van der Waals surface area contributed by atoms with Crippen LogP contribution >= 0.6 is 11.8 Å². The van der Waals surface area contributed by atoms with Crippen molar-refractivity contribution in [3.8, 4) is 0 Å². The van der Waals surface area contributed by atoms with Gasteiger partial charge in [-0.1, -0.05) is 6.42 Å². The van der Waals surface area contributed by atoms with E-state index in [0.717, 1.165) is 0 Å².